The van der Waals surface area contributed by atoms with E-state index in [4.69, 9.17) is 9.47 Å². The van der Waals surface area contributed by atoms with Crippen molar-refractivity contribution in [3.8, 4) is 11.5 Å². The summed E-state index contributed by atoms with van der Waals surface area (Å²) < 4.78 is 12.8. The van der Waals surface area contributed by atoms with Crippen molar-refractivity contribution in [2.24, 2.45) is 0 Å². The predicted molar refractivity (Wildman–Crippen MR) is 64.8 cm³/mol. The van der Waals surface area contributed by atoms with Crippen LogP contribution in [0.5, 0.6) is 11.5 Å². The number of hydrogen-bond acceptors (Lipinski definition) is 5. The molecule has 1 fully saturated rings. The number of aromatic nitrogens is 3. The Balaban J connectivity index is 1.81. The number of nitrogens with zero attached hydrogens (tertiary/aromatic N) is 3. The van der Waals surface area contributed by atoms with Crippen LogP contribution >= 0.6 is 0 Å². The second-order valence-corrected chi connectivity index (χ2v) is 4.71. The summed E-state index contributed by atoms with van der Waals surface area (Å²) in [5.41, 5.74) is 1.91. The van der Waals surface area contributed by atoms with E-state index in [2.05, 4.69) is 15.6 Å². The van der Waals surface area contributed by atoms with Gasteiger partial charge in [0.2, 0.25) is 6.79 Å². The highest BCUT2D eigenvalue weighted by molar-refractivity contribution is 5.79. The zero-order valence-electron chi connectivity index (χ0n) is 9.93. The normalized spacial score (nSPS) is 19.6. The molecule has 1 aromatic heterocycles. The predicted octanol–water partition coefficient (Wildman–Crippen LogP) is 1.08. The van der Waals surface area contributed by atoms with Gasteiger partial charge in [-0.15, -0.1) is 5.10 Å². The maximum absolute atomic E-state index is 5.41. The van der Waals surface area contributed by atoms with Gasteiger partial charge < -0.3 is 14.8 Å². The number of fused-ring (bicyclic) bond motifs is 2. The lowest BCUT2D eigenvalue weighted by Gasteiger charge is -2.22. The van der Waals surface area contributed by atoms with Crippen LogP contribution in [0, 0.1) is 0 Å². The van der Waals surface area contributed by atoms with Gasteiger partial charge in [0.15, 0.2) is 11.5 Å². The Bertz CT molecular complexity index is 589. The minimum atomic E-state index is 0.294. The third-order valence-electron chi connectivity index (χ3n) is 3.62. The fourth-order valence-corrected chi connectivity index (χ4v) is 2.65. The molecule has 4 rings (SSSR count). The molecule has 0 atom stereocenters. The van der Waals surface area contributed by atoms with E-state index in [1.54, 1.807) is 0 Å². The van der Waals surface area contributed by atoms with Crippen molar-refractivity contribution >= 4 is 11.0 Å². The molecule has 2 aliphatic heterocycles. The summed E-state index contributed by atoms with van der Waals surface area (Å²) in [7, 11) is 0. The number of ether oxygens (including phenoxy) is 2. The summed E-state index contributed by atoms with van der Waals surface area (Å²) in [6, 6.07) is 4.32. The Hall–Kier alpha value is -1.82. The Morgan fingerprint density at radius 2 is 1.94 bits per heavy atom. The Labute approximate surface area is 104 Å². The monoisotopic (exact) mass is 246 g/mol. The minimum absolute atomic E-state index is 0.294. The highest BCUT2D eigenvalue weighted by atomic mass is 16.7. The molecule has 2 aliphatic rings. The lowest BCUT2D eigenvalue weighted by Crippen LogP contribution is -2.29. The standard InChI is InChI=1S/C12H14N4O2/c1-3-13-4-2-8(1)16-10-6-12-11(17-7-18-12)5-9(10)14-15-16/h5-6,8,13H,1-4,7H2. The average Bonchev–Trinajstić information content (AvgIpc) is 3.02. The van der Waals surface area contributed by atoms with Gasteiger partial charge in [0, 0.05) is 12.1 Å². The maximum atomic E-state index is 5.41. The van der Waals surface area contributed by atoms with Crippen LogP contribution in [0.25, 0.3) is 11.0 Å². The van der Waals surface area contributed by atoms with E-state index in [1.807, 2.05) is 16.8 Å². The van der Waals surface area contributed by atoms with Gasteiger partial charge in [-0.3, -0.25) is 0 Å². The molecule has 0 aliphatic carbocycles. The molecule has 0 radical (unpaired) electrons. The van der Waals surface area contributed by atoms with Gasteiger partial charge in [-0.1, -0.05) is 5.21 Å². The molecule has 1 saturated heterocycles. The zero-order valence-corrected chi connectivity index (χ0v) is 9.93. The Morgan fingerprint density at radius 1 is 1.17 bits per heavy atom. The fourth-order valence-electron chi connectivity index (χ4n) is 2.65. The van der Waals surface area contributed by atoms with Gasteiger partial charge in [-0.05, 0) is 25.9 Å². The summed E-state index contributed by atoms with van der Waals surface area (Å²) in [6.07, 6.45) is 2.18. The van der Waals surface area contributed by atoms with Crippen LogP contribution in [0.1, 0.15) is 18.9 Å². The molecule has 0 saturated carbocycles. The second-order valence-electron chi connectivity index (χ2n) is 4.71. The summed E-state index contributed by atoms with van der Waals surface area (Å²) in [4.78, 5) is 0. The molecule has 2 aromatic rings. The molecular weight excluding hydrogens is 232 g/mol. The van der Waals surface area contributed by atoms with Crippen LogP contribution in [-0.4, -0.2) is 34.9 Å². The molecule has 6 nitrogen and oxygen atoms in total. The van der Waals surface area contributed by atoms with Crippen molar-refractivity contribution in [3.63, 3.8) is 0 Å². The van der Waals surface area contributed by atoms with Crippen molar-refractivity contribution in [2.45, 2.75) is 18.9 Å². The molecule has 0 unspecified atom stereocenters. The average molecular weight is 246 g/mol. The van der Waals surface area contributed by atoms with E-state index in [0.717, 1.165) is 48.5 Å². The Kier molecular flexibility index (Phi) is 2.16. The van der Waals surface area contributed by atoms with E-state index in [0.29, 0.717) is 12.8 Å². The first-order valence-corrected chi connectivity index (χ1v) is 6.27. The maximum Gasteiger partial charge on any atom is 0.231 e. The highest BCUT2D eigenvalue weighted by Gasteiger charge is 2.22. The lowest BCUT2D eigenvalue weighted by atomic mass is 10.1. The zero-order chi connectivity index (χ0) is 11.9. The molecule has 18 heavy (non-hydrogen) atoms. The smallest absolute Gasteiger partial charge is 0.231 e. The summed E-state index contributed by atoms with van der Waals surface area (Å²) in [5.74, 6) is 1.56. The minimum Gasteiger partial charge on any atom is -0.454 e. The molecule has 3 heterocycles. The van der Waals surface area contributed by atoms with Crippen LogP contribution in [-0.2, 0) is 0 Å². The molecule has 0 spiro atoms. The Morgan fingerprint density at radius 3 is 2.78 bits per heavy atom. The first-order valence-electron chi connectivity index (χ1n) is 6.27. The van der Waals surface area contributed by atoms with Crippen LogP contribution in [0.15, 0.2) is 12.1 Å². The molecule has 0 bridgehead atoms. The summed E-state index contributed by atoms with van der Waals surface area (Å²) in [5, 5.41) is 11.9. The topological polar surface area (TPSA) is 61.2 Å². The van der Waals surface area contributed by atoms with E-state index >= 15 is 0 Å². The van der Waals surface area contributed by atoms with Gasteiger partial charge in [0.1, 0.15) is 5.52 Å². The first-order chi connectivity index (χ1) is 8.92. The second kappa shape index (κ2) is 3.84. The van der Waals surface area contributed by atoms with Crippen molar-refractivity contribution in [1.29, 1.82) is 0 Å². The molecule has 0 amide bonds. The van der Waals surface area contributed by atoms with Crippen LogP contribution in [0.4, 0.5) is 0 Å². The van der Waals surface area contributed by atoms with E-state index in [-0.39, 0.29) is 0 Å². The number of benzene rings is 1. The van der Waals surface area contributed by atoms with Crippen LogP contribution in [0.3, 0.4) is 0 Å². The van der Waals surface area contributed by atoms with E-state index < -0.39 is 0 Å². The number of hydrogen-bond donors (Lipinski definition) is 1. The van der Waals surface area contributed by atoms with Gasteiger partial charge in [0.25, 0.3) is 0 Å². The third-order valence-corrected chi connectivity index (χ3v) is 3.62. The molecule has 1 N–H and O–H groups in total. The summed E-state index contributed by atoms with van der Waals surface area (Å²) >= 11 is 0. The molecule has 1 aromatic carbocycles. The summed E-state index contributed by atoms with van der Waals surface area (Å²) in [6.45, 7) is 2.37. The van der Waals surface area contributed by atoms with Crippen molar-refractivity contribution in [3.05, 3.63) is 12.1 Å². The van der Waals surface area contributed by atoms with Crippen molar-refractivity contribution in [2.75, 3.05) is 19.9 Å². The van der Waals surface area contributed by atoms with Crippen molar-refractivity contribution < 1.29 is 9.47 Å². The van der Waals surface area contributed by atoms with Gasteiger partial charge in [-0.2, -0.15) is 0 Å². The van der Waals surface area contributed by atoms with Crippen LogP contribution in [0.2, 0.25) is 0 Å². The number of rotatable bonds is 1. The molecule has 94 valence electrons. The van der Waals surface area contributed by atoms with Crippen molar-refractivity contribution in [1.82, 2.24) is 20.3 Å². The van der Waals surface area contributed by atoms with Gasteiger partial charge in [-0.25, -0.2) is 4.68 Å². The highest BCUT2D eigenvalue weighted by Crippen LogP contribution is 2.36. The lowest BCUT2D eigenvalue weighted by molar-refractivity contribution is 0.174. The number of nitrogens with one attached hydrogen (secondary N) is 1. The van der Waals surface area contributed by atoms with Crippen LogP contribution < -0.4 is 14.8 Å². The largest absolute Gasteiger partial charge is 0.454 e. The third kappa shape index (κ3) is 1.45. The van der Waals surface area contributed by atoms with E-state index in [1.165, 1.54) is 0 Å². The SMILES string of the molecule is c1c2c(cc3c1nnn3C1CCNCC1)OCO2. The molecular formula is C12H14N4O2. The first kappa shape index (κ1) is 10.1. The van der Waals surface area contributed by atoms with E-state index in [9.17, 15) is 0 Å². The van der Waals surface area contributed by atoms with Gasteiger partial charge >= 0.3 is 0 Å². The molecule has 6 heteroatoms. The fraction of sp³-hybridized carbons (Fsp3) is 0.500. The number of piperidine rings is 1. The quantitative estimate of drug-likeness (QED) is 0.816. The van der Waals surface area contributed by atoms with Gasteiger partial charge in [0.05, 0.1) is 11.6 Å².